The van der Waals surface area contributed by atoms with Crippen LogP contribution in [0.3, 0.4) is 0 Å². The number of benzene rings is 4. The van der Waals surface area contributed by atoms with Crippen LogP contribution >= 0.6 is 0 Å². The summed E-state index contributed by atoms with van der Waals surface area (Å²) in [6.45, 7) is 0.584. The van der Waals surface area contributed by atoms with Gasteiger partial charge in [-0.25, -0.2) is 0 Å². The maximum atomic E-state index is 13.3. The number of amides is 1. The van der Waals surface area contributed by atoms with E-state index in [1.807, 2.05) is 35.2 Å². The zero-order valence-electron chi connectivity index (χ0n) is 16.9. The lowest BCUT2D eigenvalue weighted by Gasteiger charge is -2.35. The fourth-order valence-corrected chi connectivity index (χ4v) is 4.47. The summed E-state index contributed by atoms with van der Waals surface area (Å²) in [5.74, 6) is 1.00. The summed E-state index contributed by atoms with van der Waals surface area (Å²) in [6.07, 6.45) is 0.459. The molecule has 3 nitrogen and oxygen atoms in total. The van der Waals surface area contributed by atoms with Crippen LogP contribution in [0.2, 0.25) is 0 Å². The SMILES string of the molecule is COc1ccc(C2CC(=O)N(Cc3ccccc3)c3ccc4ccccc4c32)cc1. The van der Waals surface area contributed by atoms with Crippen molar-refractivity contribution in [2.24, 2.45) is 0 Å². The Kier molecular flexibility index (Phi) is 4.72. The quantitative estimate of drug-likeness (QED) is 0.431. The molecule has 0 saturated carbocycles. The third kappa shape index (κ3) is 3.22. The van der Waals surface area contributed by atoms with Crippen molar-refractivity contribution in [3.05, 3.63) is 108 Å². The van der Waals surface area contributed by atoms with Crippen LogP contribution in [0.5, 0.6) is 5.75 Å². The molecule has 5 rings (SSSR count). The standard InChI is InChI=1S/C27H23NO2/c1-30-22-14-11-21(12-15-22)24-17-26(29)28(18-19-7-3-2-4-8-19)25-16-13-20-9-5-6-10-23(20)27(24)25/h2-16,24H,17-18H2,1H3. The van der Waals surface area contributed by atoms with E-state index in [-0.39, 0.29) is 11.8 Å². The van der Waals surface area contributed by atoms with Crippen LogP contribution in [-0.2, 0) is 11.3 Å². The van der Waals surface area contributed by atoms with Crippen LogP contribution in [-0.4, -0.2) is 13.0 Å². The van der Waals surface area contributed by atoms with Crippen molar-refractivity contribution >= 4 is 22.4 Å². The van der Waals surface area contributed by atoms with E-state index in [1.165, 1.54) is 16.3 Å². The molecule has 3 heteroatoms. The molecule has 1 amide bonds. The molecule has 0 saturated heterocycles. The second-order valence-corrected chi connectivity index (χ2v) is 7.71. The van der Waals surface area contributed by atoms with Gasteiger partial charge in [0.15, 0.2) is 0 Å². The van der Waals surface area contributed by atoms with Gasteiger partial charge in [0.05, 0.1) is 13.7 Å². The van der Waals surface area contributed by atoms with E-state index in [9.17, 15) is 4.79 Å². The minimum atomic E-state index is 0.0246. The summed E-state index contributed by atoms with van der Waals surface area (Å²) >= 11 is 0. The number of rotatable bonds is 4. The number of hydrogen-bond donors (Lipinski definition) is 0. The van der Waals surface area contributed by atoms with E-state index in [4.69, 9.17) is 4.74 Å². The van der Waals surface area contributed by atoms with Crippen molar-refractivity contribution in [1.29, 1.82) is 0 Å². The Hall–Kier alpha value is -3.59. The second kappa shape index (κ2) is 7.68. The van der Waals surface area contributed by atoms with Crippen molar-refractivity contribution in [1.82, 2.24) is 0 Å². The van der Waals surface area contributed by atoms with Gasteiger partial charge in [0.25, 0.3) is 0 Å². The smallest absolute Gasteiger partial charge is 0.228 e. The number of carbonyl (C=O) groups excluding carboxylic acids is 1. The molecule has 0 aromatic heterocycles. The molecule has 4 aromatic carbocycles. The maximum absolute atomic E-state index is 13.3. The van der Waals surface area contributed by atoms with Gasteiger partial charge in [-0.3, -0.25) is 4.79 Å². The number of nitrogens with zero attached hydrogens (tertiary/aromatic N) is 1. The minimum absolute atomic E-state index is 0.0246. The molecule has 1 heterocycles. The molecule has 1 aliphatic rings. The Morgan fingerprint density at radius 2 is 1.60 bits per heavy atom. The Morgan fingerprint density at radius 3 is 2.37 bits per heavy atom. The molecule has 0 radical (unpaired) electrons. The van der Waals surface area contributed by atoms with E-state index < -0.39 is 0 Å². The monoisotopic (exact) mass is 393 g/mol. The largest absolute Gasteiger partial charge is 0.497 e. The number of ether oxygens (including phenoxy) is 1. The van der Waals surface area contributed by atoms with Crippen molar-refractivity contribution in [2.75, 3.05) is 12.0 Å². The van der Waals surface area contributed by atoms with Gasteiger partial charge in [0.2, 0.25) is 5.91 Å². The Balaban J connectivity index is 1.66. The van der Waals surface area contributed by atoms with Crippen LogP contribution in [0.15, 0.2) is 91.0 Å². The molecule has 1 unspecified atom stereocenters. The number of carbonyl (C=O) groups is 1. The number of methoxy groups -OCH3 is 1. The molecular formula is C27H23NO2. The van der Waals surface area contributed by atoms with Gasteiger partial charge in [-0.05, 0) is 45.7 Å². The fraction of sp³-hybridized carbons (Fsp3) is 0.148. The first-order valence-corrected chi connectivity index (χ1v) is 10.2. The molecule has 30 heavy (non-hydrogen) atoms. The highest BCUT2D eigenvalue weighted by Crippen LogP contribution is 2.44. The third-order valence-electron chi connectivity index (χ3n) is 5.97. The summed E-state index contributed by atoms with van der Waals surface area (Å²) in [7, 11) is 1.67. The van der Waals surface area contributed by atoms with E-state index in [1.54, 1.807) is 7.11 Å². The molecule has 1 aliphatic heterocycles. The highest BCUT2D eigenvalue weighted by molar-refractivity contribution is 6.03. The fourth-order valence-electron chi connectivity index (χ4n) is 4.47. The van der Waals surface area contributed by atoms with Gasteiger partial charge in [-0.2, -0.15) is 0 Å². The number of anilines is 1. The average Bonchev–Trinajstić information content (AvgIpc) is 2.81. The minimum Gasteiger partial charge on any atom is -0.497 e. The lowest BCUT2D eigenvalue weighted by Crippen LogP contribution is -2.36. The highest BCUT2D eigenvalue weighted by Gasteiger charge is 2.33. The van der Waals surface area contributed by atoms with Gasteiger partial charge in [-0.15, -0.1) is 0 Å². The first-order valence-electron chi connectivity index (χ1n) is 10.2. The molecule has 4 aromatic rings. The van der Waals surface area contributed by atoms with Crippen LogP contribution in [0.4, 0.5) is 5.69 Å². The Labute approximate surface area is 176 Å². The first kappa shape index (κ1) is 18.4. The zero-order valence-corrected chi connectivity index (χ0v) is 16.9. The zero-order chi connectivity index (χ0) is 20.5. The molecule has 0 N–H and O–H groups in total. The summed E-state index contributed by atoms with van der Waals surface area (Å²) in [5, 5.41) is 2.41. The summed E-state index contributed by atoms with van der Waals surface area (Å²) in [4.78, 5) is 15.2. The molecule has 1 atom stereocenters. The average molecular weight is 393 g/mol. The van der Waals surface area contributed by atoms with E-state index in [2.05, 4.69) is 60.7 Å². The van der Waals surface area contributed by atoms with Crippen LogP contribution < -0.4 is 9.64 Å². The van der Waals surface area contributed by atoms with Crippen LogP contribution in [0.1, 0.15) is 29.0 Å². The van der Waals surface area contributed by atoms with Gasteiger partial charge in [0, 0.05) is 18.0 Å². The van der Waals surface area contributed by atoms with Crippen LogP contribution in [0.25, 0.3) is 10.8 Å². The highest BCUT2D eigenvalue weighted by atomic mass is 16.5. The van der Waals surface area contributed by atoms with Crippen molar-refractivity contribution < 1.29 is 9.53 Å². The molecular weight excluding hydrogens is 370 g/mol. The lowest BCUT2D eigenvalue weighted by molar-refractivity contribution is -0.119. The summed E-state index contributed by atoms with van der Waals surface area (Å²) in [6, 6.07) is 31.0. The number of fused-ring (bicyclic) bond motifs is 3. The van der Waals surface area contributed by atoms with E-state index in [0.717, 1.165) is 22.6 Å². The second-order valence-electron chi connectivity index (χ2n) is 7.71. The van der Waals surface area contributed by atoms with Crippen molar-refractivity contribution in [3.8, 4) is 5.75 Å². The van der Waals surface area contributed by atoms with Gasteiger partial charge in [-0.1, -0.05) is 72.8 Å². The summed E-state index contributed by atoms with van der Waals surface area (Å²) in [5.41, 5.74) is 4.51. The molecule has 0 spiro atoms. The van der Waals surface area contributed by atoms with Crippen LogP contribution in [0, 0.1) is 0 Å². The third-order valence-corrected chi connectivity index (χ3v) is 5.97. The maximum Gasteiger partial charge on any atom is 0.228 e. The lowest BCUT2D eigenvalue weighted by atomic mass is 9.81. The van der Waals surface area contributed by atoms with Gasteiger partial charge >= 0.3 is 0 Å². The Bertz CT molecular complexity index is 1200. The van der Waals surface area contributed by atoms with Crippen molar-refractivity contribution in [3.63, 3.8) is 0 Å². The molecule has 0 bridgehead atoms. The molecule has 0 aliphatic carbocycles. The topological polar surface area (TPSA) is 29.5 Å². The van der Waals surface area contributed by atoms with Crippen molar-refractivity contribution in [2.45, 2.75) is 18.9 Å². The summed E-state index contributed by atoms with van der Waals surface area (Å²) < 4.78 is 5.33. The first-order chi connectivity index (χ1) is 14.7. The predicted molar refractivity (Wildman–Crippen MR) is 121 cm³/mol. The normalized spacial score (nSPS) is 15.8. The predicted octanol–water partition coefficient (Wildman–Crippen LogP) is 5.92. The van der Waals surface area contributed by atoms with E-state index in [0.29, 0.717) is 13.0 Å². The van der Waals surface area contributed by atoms with Gasteiger partial charge < -0.3 is 9.64 Å². The van der Waals surface area contributed by atoms with E-state index >= 15 is 0 Å². The Morgan fingerprint density at radius 1 is 0.867 bits per heavy atom. The van der Waals surface area contributed by atoms with Gasteiger partial charge in [0.1, 0.15) is 5.75 Å². The molecule has 148 valence electrons. The molecule has 0 fully saturated rings. The number of hydrogen-bond acceptors (Lipinski definition) is 2.